The van der Waals surface area contributed by atoms with E-state index in [-0.39, 0.29) is 13.0 Å². The third-order valence-electron chi connectivity index (χ3n) is 3.06. The van der Waals surface area contributed by atoms with Crippen LogP contribution in [0.5, 0.6) is 0 Å². The van der Waals surface area contributed by atoms with Gasteiger partial charge < -0.3 is 20.3 Å². The first-order valence-corrected chi connectivity index (χ1v) is 7.37. The van der Waals surface area contributed by atoms with Crippen LogP contribution in [0, 0.1) is 13.8 Å². The van der Waals surface area contributed by atoms with Gasteiger partial charge in [-0.05, 0) is 47.1 Å². The minimum Gasteiger partial charge on any atom is -0.444 e. The number of amides is 1. The summed E-state index contributed by atoms with van der Waals surface area (Å²) in [7, 11) is 0. The third-order valence-corrected chi connectivity index (χ3v) is 3.06. The molecule has 1 aromatic rings. The molecule has 0 aliphatic rings. The molecule has 3 N–H and O–H groups in total. The third kappa shape index (κ3) is 5.99. The molecule has 1 heterocycles. The zero-order valence-corrected chi connectivity index (χ0v) is 13.9. The largest absolute Gasteiger partial charge is 0.444 e. The number of carbonyl (C=O) groups is 1. The van der Waals surface area contributed by atoms with Gasteiger partial charge in [-0.25, -0.2) is 4.79 Å². The second-order valence-electron chi connectivity index (χ2n) is 6.36. The van der Waals surface area contributed by atoms with Gasteiger partial charge in [-0.3, -0.25) is 4.98 Å². The number of aryl methyl sites for hydroxylation is 2. The molecular formula is C16H26N2O4. The SMILES string of the molecule is Cc1ccc(C(O)C(O)CCNC(=O)OC(C)(C)C)c(C)n1. The second-order valence-corrected chi connectivity index (χ2v) is 6.36. The molecule has 6 heteroatoms. The lowest BCUT2D eigenvalue weighted by Crippen LogP contribution is -2.34. The smallest absolute Gasteiger partial charge is 0.407 e. The zero-order valence-electron chi connectivity index (χ0n) is 13.9. The van der Waals surface area contributed by atoms with Crippen molar-refractivity contribution in [2.24, 2.45) is 0 Å². The number of pyridine rings is 1. The van der Waals surface area contributed by atoms with Crippen LogP contribution < -0.4 is 5.32 Å². The molecule has 6 nitrogen and oxygen atoms in total. The number of ether oxygens (including phenoxy) is 1. The molecule has 22 heavy (non-hydrogen) atoms. The molecular weight excluding hydrogens is 284 g/mol. The number of nitrogens with zero attached hydrogens (tertiary/aromatic N) is 1. The van der Waals surface area contributed by atoms with Crippen LogP contribution in [0.3, 0.4) is 0 Å². The van der Waals surface area contributed by atoms with Gasteiger partial charge in [-0.15, -0.1) is 0 Å². The van der Waals surface area contributed by atoms with Crippen molar-refractivity contribution >= 4 is 6.09 Å². The molecule has 0 aliphatic carbocycles. The maximum Gasteiger partial charge on any atom is 0.407 e. The van der Waals surface area contributed by atoms with Crippen molar-refractivity contribution in [1.82, 2.24) is 10.3 Å². The van der Waals surface area contributed by atoms with E-state index >= 15 is 0 Å². The van der Waals surface area contributed by atoms with Crippen LogP contribution in [0.2, 0.25) is 0 Å². The fourth-order valence-corrected chi connectivity index (χ4v) is 2.01. The summed E-state index contributed by atoms with van der Waals surface area (Å²) in [5.41, 5.74) is 1.57. The van der Waals surface area contributed by atoms with E-state index in [0.29, 0.717) is 11.3 Å². The van der Waals surface area contributed by atoms with E-state index in [1.807, 2.05) is 6.92 Å². The van der Waals surface area contributed by atoms with Crippen molar-refractivity contribution in [2.45, 2.75) is 58.8 Å². The van der Waals surface area contributed by atoms with E-state index in [2.05, 4.69) is 10.3 Å². The fraction of sp³-hybridized carbons (Fsp3) is 0.625. The van der Waals surface area contributed by atoms with Gasteiger partial charge in [0.15, 0.2) is 0 Å². The lowest BCUT2D eigenvalue weighted by atomic mass is 10.0. The van der Waals surface area contributed by atoms with Crippen molar-refractivity contribution < 1.29 is 19.7 Å². The molecule has 0 bridgehead atoms. The average molecular weight is 310 g/mol. The van der Waals surface area contributed by atoms with Gasteiger partial charge in [0.2, 0.25) is 0 Å². The van der Waals surface area contributed by atoms with Crippen LogP contribution in [-0.4, -0.2) is 39.5 Å². The average Bonchev–Trinajstić information content (AvgIpc) is 2.35. The summed E-state index contributed by atoms with van der Waals surface area (Å²) in [5, 5.41) is 22.8. The Balaban J connectivity index is 2.48. The maximum atomic E-state index is 11.5. The predicted octanol–water partition coefficient (Wildman–Crippen LogP) is 2.01. The summed E-state index contributed by atoms with van der Waals surface area (Å²) in [6.07, 6.45) is -2.35. The number of hydrogen-bond donors (Lipinski definition) is 3. The molecule has 1 amide bonds. The van der Waals surface area contributed by atoms with Gasteiger partial charge in [0.1, 0.15) is 11.7 Å². The first kappa shape index (κ1) is 18.4. The number of aliphatic hydroxyl groups excluding tert-OH is 2. The Morgan fingerprint density at radius 1 is 1.32 bits per heavy atom. The predicted molar refractivity (Wildman–Crippen MR) is 83.5 cm³/mol. The summed E-state index contributed by atoms with van der Waals surface area (Å²) in [4.78, 5) is 15.7. The first-order valence-electron chi connectivity index (χ1n) is 7.37. The first-order chi connectivity index (χ1) is 10.1. The lowest BCUT2D eigenvalue weighted by molar-refractivity contribution is 0.0117. The van der Waals surface area contributed by atoms with Gasteiger partial charge in [0.25, 0.3) is 0 Å². The molecule has 2 atom stereocenters. The minimum atomic E-state index is -1.03. The summed E-state index contributed by atoms with van der Waals surface area (Å²) in [6, 6.07) is 3.55. The lowest BCUT2D eigenvalue weighted by Gasteiger charge is -2.22. The molecule has 0 saturated heterocycles. The number of nitrogens with one attached hydrogen (secondary N) is 1. The molecule has 124 valence electrons. The standard InChI is InChI=1S/C16H26N2O4/c1-10-6-7-12(11(2)18-10)14(20)13(19)8-9-17-15(21)22-16(3,4)5/h6-7,13-14,19-20H,8-9H2,1-5H3,(H,17,21). The van der Waals surface area contributed by atoms with E-state index in [0.717, 1.165) is 5.69 Å². The summed E-state index contributed by atoms with van der Waals surface area (Å²) < 4.78 is 5.09. The van der Waals surface area contributed by atoms with Crippen molar-refractivity contribution in [2.75, 3.05) is 6.54 Å². The van der Waals surface area contributed by atoms with Crippen molar-refractivity contribution in [1.29, 1.82) is 0 Å². The monoisotopic (exact) mass is 310 g/mol. The van der Waals surface area contributed by atoms with Crippen LogP contribution in [0.15, 0.2) is 12.1 Å². The number of rotatable bonds is 5. The van der Waals surface area contributed by atoms with E-state index in [4.69, 9.17) is 4.74 Å². The van der Waals surface area contributed by atoms with Crippen LogP contribution in [-0.2, 0) is 4.74 Å². The summed E-state index contributed by atoms with van der Waals surface area (Å²) in [5.74, 6) is 0. The van der Waals surface area contributed by atoms with Gasteiger partial charge in [-0.2, -0.15) is 0 Å². The highest BCUT2D eigenvalue weighted by molar-refractivity contribution is 5.67. The topological polar surface area (TPSA) is 91.7 Å². The number of alkyl carbamates (subject to hydrolysis) is 1. The number of aliphatic hydroxyl groups is 2. The summed E-state index contributed by atoms with van der Waals surface area (Å²) in [6.45, 7) is 9.20. The van der Waals surface area contributed by atoms with Crippen molar-refractivity contribution in [3.05, 3.63) is 29.1 Å². The second kappa shape index (κ2) is 7.56. The fourth-order valence-electron chi connectivity index (χ4n) is 2.01. The van der Waals surface area contributed by atoms with Crippen molar-refractivity contribution in [3.8, 4) is 0 Å². The zero-order chi connectivity index (χ0) is 16.9. The van der Waals surface area contributed by atoms with Gasteiger partial charge >= 0.3 is 6.09 Å². The molecule has 0 radical (unpaired) electrons. The Bertz CT molecular complexity index is 511. The quantitative estimate of drug-likeness (QED) is 0.774. The Labute approximate surface area is 131 Å². The number of carbonyl (C=O) groups excluding carboxylic acids is 1. The van der Waals surface area contributed by atoms with Crippen LogP contribution in [0.1, 0.15) is 50.2 Å². The Morgan fingerprint density at radius 3 is 2.50 bits per heavy atom. The molecule has 1 rings (SSSR count). The van der Waals surface area contributed by atoms with Crippen LogP contribution in [0.4, 0.5) is 4.79 Å². The molecule has 0 saturated carbocycles. The minimum absolute atomic E-state index is 0.214. The normalized spacial score (nSPS) is 14.3. The van der Waals surface area contributed by atoms with E-state index in [9.17, 15) is 15.0 Å². The van der Waals surface area contributed by atoms with Crippen LogP contribution in [0.25, 0.3) is 0 Å². The van der Waals surface area contributed by atoms with Gasteiger partial charge in [-0.1, -0.05) is 6.07 Å². The van der Waals surface area contributed by atoms with E-state index in [1.165, 1.54) is 0 Å². The molecule has 0 spiro atoms. The maximum absolute atomic E-state index is 11.5. The van der Waals surface area contributed by atoms with Gasteiger partial charge in [0.05, 0.1) is 6.10 Å². The Kier molecular flexibility index (Phi) is 6.32. The van der Waals surface area contributed by atoms with Gasteiger partial charge in [0, 0.05) is 23.5 Å². The Morgan fingerprint density at radius 2 is 1.95 bits per heavy atom. The molecule has 0 aliphatic heterocycles. The number of aromatic nitrogens is 1. The molecule has 0 aromatic carbocycles. The molecule has 0 fully saturated rings. The highest BCUT2D eigenvalue weighted by Gasteiger charge is 2.21. The van der Waals surface area contributed by atoms with Crippen molar-refractivity contribution in [3.63, 3.8) is 0 Å². The highest BCUT2D eigenvalue weighted by Crippen LogP contribution is 2.21. The summed E-state index contributed by atoms with van der Waals surface area (Å²) >= 11 is 0. The number of hydrogen-bond acceptors (Lipinski definition) is 5. The highest BCUT2D eigenvalue weighted by atomic mass is 16.6. The molecule has 1 aromatic heterocycles. The van der Waals surface area contributed by atoms with Crippen LogP contribution >= 0.6 is 0 Å². The van der Waals surface area contributed by atoms with E-state index < -0.39 is 23.9 Å². The molecule has 2 unspecified atom stereocenters. The Hall–Kier alpha value is -1.66. The van der Waals surface area contributed by atoms with E-state index in [1.54, 1.807) is 39.8 Å².